The van der Waals surface area contributed by atoms with E-state index in [0.29, 0.717) is 19.3 Å². The monoisotopic (exact) mass is 249 g/mol. The van der Waals surface area contributed by atoms with Crippen LogP contribution in [0.1, 0.15) is 25.7 Å². The largest absolute Gasteiger partial charge is 0.382 e. The van der Waals surface area contributed by atoms with Crippen molar-refractivity contribution in [3.63, 3.8) is 0 Å². The third-order valence-electron chi connectivity index (χ3n) is 3.15. The standard InChI is InChI=1S/C12H24ClNO2/c1-15-10-11-16-9-8-14-7-3-2-4-12(14)5-6-13/h12H,2-11H2,1H3. The van der Waals surface area contributed by atoms with Crippen LogP contribution in [0.4, 0.5) is 0 Å². The van der Waals surface area contributed by atoms with Crippen molar-refractivity contribution < 1.29 is 9.47 Å². The molecule has 96 valence electrons. The second-order valence-corrected chi connectivity index (χ2v) is 4.65. The Hall–Kier alpha value is 0.170. The predicted molar refractivity (Wildman–Crippen MR) is 67.2 cm³/mol. The van der Waals surface area contributed by atoms with Gasteiger partial charge in [-0.15, -0.1) is 11.6 Å². The topological polar surface area (TPSA) is 21.7 Å². The van der Waals surface area contributed by atoms with Gasteiger partial charge >= 0.3 is 0 Å². The molecule has 0 amide bonds. The zero-order chi connectivity index (χ0) is 11.6. The zero-order valence-corrected chi connectivity index (χ0v) is 11.0. The summed E-state index contributed by atoms with van der Waals surface area (Å²) in [6.07, 6.45) is 5.07. The number of hydrogen-bond donors (Lipinski definition) is 0. The molecule has 1 unspecified atom stereocenters. The molecule has 1 fully saturated rings. The van der Waals surface area contributed by atoms with Crippen LogP contribution in [0.25, 0.3) is 0 Å². The van der Waals surface area contributed by atoms with Crippen LogP contribution in [0.5, 0.6) is 0 Å². The third kappa shape index (κ3) is 5.48. The Balaban J connectivity index is 2.11. The molecule has 1 aliphatic heterocycles. The number of nitrogens with zero attached hydrogens (tertiary/aromatic N) is 1. The predicted octanol–water partition coefficient (Wildman–Crippen LogP) is 2.13. The molecule has 0 saturated carbocycles. The third-order valence-corrected chi connectivity index (χ3v) is 3.36. The molecule has 0 N–H and O–H groups in total. The van der Waals surface area contributed by atoms with Crippen LogP contribution in [0, 0.1) is 0 Å². The molecule has 0 spiro atoms. The summed E-state index contributed by atoms with van der Waals surface area (Å²) in [5.74, 6) is 0.770. The van der Waals surface area contributed by atoms with E-state index in [1.807, 2.05) is 0 Å². The fraction of sp³-hybridized carbons (Fsp3) is 1.00. The summed E-state index contributed by atoms with van der Waals surface area (Å²) in [5.41, 5.74) is 0. The molecule has 0 radical (unpaired) electrons. The van der Waals surface area contributed by atoms with Crippen LogP contribution >= 0.6 is 11.6 Å². The second-order valence-electron chi connectivity index (χ2n) is 4.27. The van der Waals surface area contributed by atoms with Gasteiger partial charge in [-0.2, -0.15) is 0 Å². The summed E-state index contributed by atoms with van der Waals surface area (Å²) in [4.78, 5) is 2.53. The van der Waals surface area contributed by atoms with Gasteiger partial charge in [-0.25, -0.2) is 0 Å². The highest BCUT2D eigenvalue weighted by Gasteiger charge is 2.20. The van der Waals surface area contributed by atoms with E-state index in [4.69, 9.17) is 21.1 Å². The highest BCUT2D eigenvalue weighted by molar-refractivity contribution is 6.17. The molecular weight excluding hydrogens is 226 g/mol. The van der Waals surface area contributed by atoms with Gasteiger partial charge in [-0.1, -0.05) is 6.42 Å². The molecule has 3 nitrogen and oxygen atoms in total. The van der Waals surface area contributed by atoms with Crippen LogP contribution in [0.2, 0.25) is 0 Å². The molecular formula is C12H24ClNO2. The zero-order valence-electron chi connectivity index (χ0n) is 10.3. The highest BCUT2D eigenvalue weighted by atomic mass is 35.5. The van der Waals surface area contributed by atoms with Crippen molar-refractivity contribution in [2.45, 2.75) is 31.7 Å². The van der Waals surface area contributed by atoms with Crippen molar-refractivity contribution in [1.29, 1.82) is 0 Å². The van der Waals surface area contributed by atoms with Gasteiger partial charge in [0.1, 0.15) is 0 Å². The fourth-order valence-electron chi connectivity index (χ4n) is 2.23. The molecule has 1 rings (SSSR count). The molecule has 1 aliphatic rings. The van der Waals surface area contributed by atoms with Crippen LogP contribution in [-0.4, -0.2) is 56.8 Å². The molecule has 0 aromatic carbocycles. The number of alkyl halides is 1. The van der Waals surface area contributed by atoms with Gasteiger partial charge in [0.2, 0.25) is 0 Å². The first-order valence-corrected chi connectivity index (χ1v) is 6.78. The average molecular weight is 250 g/mol. The van der Waals surface area contributed by atoms with E-state index in [1.165, 1.54) is 25.8 Å². The van der Waals surface area contributed by atoms with Crippen molar-refractivity contribution in [1.82, 2.24) is 4.90 Å². The molecule has 1 saturated heterocycles. The minimum Gasteiger partial charge on any atom is -0.382 e. The molecule has 0 aliphatic carbocycles. The quantitative estimate of drug-likeness (QED) is 0.486. The number of methoxy groups -OCH3 is 1. The summed E-state index contributed by atoms with van der Waals surface area (Å²) < 4.78 is 10.4. The molecule has 0 aromatic rings. The molecule has 1 atom stereocenters. The van der Waals surface area contributed by atoms with E-state index in [9.17, 15) is 0 Å². The van der Waals surface area contributed by atoms with Gasteiger partial charge in [0.15, 0.2) is 0 Å². The maximum absolute atomic E-state index is 5.83. The number of halogens is 1. The van der Waals surface area contributed by atoms with Gasteiger partial charge in [-0.05, 0) is 25.8 Å². The molecule has 0 bridgehead atoms. The van der Waals surface area contributed by atoms with E-state index in [-0.39, 0.29) is 0 Å². The minimum absolute atomic E-state index is 0.678. The first-order valence-electron chi connectivity index (χ1n) is 6.25. The van der Waals surface area contributed by atoms with Gasteiger partial charge in [0.05, 0.1) is 19.8 Å². The van der Waals surface area contributed by atoms with Crippen LogP contribution in [-0.2, 0) is 9.47 Å². The molecule has 1 heterocycles. The Morgan fingerprint density at radius 1 is 1.25 bits per heavy atom. The number of piperidine rings is 1. The van der Waals surface area contributed by atoms with Crippen molar-refractivity contribution in [2.24, 2.45) is 0 Å². The van der Waals surface area contributed by atoms with Gasteiger partial charge in [-0.3, -0.25) is 4.90 Å². The Morgan fingerprint density at radius 3 is 2.88 bits per heavy atom. The summed E-state index contributed by atoms with van der Waals surface area (Å²) in [5, 5.41) is 0. The number of ether oxygens (including phenoxy) is 2. The number of likely N-dealkylation sites (tertiary alicyclic amines) is 1. The smallest absolute Gasteiger partial charge is 0.0700 e. The van der Waals surface area contributed by atoms with E-state index < -0.39 is 0 Å². The van der Waals surface area contributed by atoms with Crippen molar-refractivity contribution >= 4 is 11.6 Å². The summed E-state index contributed by atoms with van der Waals surface area (Å²) in [7, 11) is 1.70. The molecule has 16 heavy (non-hydrogen) atoms. The number of rotatable bonds is 8. The van der Waals surface area contributed by atoms with E-state index in [2.05, 4.69) is 4.90 Å². The maximum Gasteiger partial charge on any atom is 0.0700 e. The summed E-state index contributed by atoms with van der Waals surface area (Å²) in [6, 6.07) is 0.678. The van der Waals surface area contributed by atoms with Crippen LogP contribution in [0.15, 0.2) is 0 Å². The van der Waals surface area contributed by atoms with Gasteiger partial charge in [0, 0.05) is 25.6 Å². The lowest BCUT2D eigenvalue weighted by Crippen LogP contribution is -2.41. The van der Waals surface area contributed by atoms with E-state index in [1.54, 1.807) is 7.11 Å². The first kappa shape index (κ1) is 14.2. The Morgan fingerprint density at radius 2 is 2.12 bits per heavy atom. The van der Waals surface area contributed by atoms with E-state index >= 15 is 0 Å². The van der Waals surface area contributed by atoms with Gasteiger partial charge < -0.3 is 9.47 Å². The normalized spacial score (nSPS) is 22.5. The minimum atomic E-state index is 0.678. The fourth-order valence-corrected chi connectivity index (χ4v) is 2.49. The highest BCUT2D eigenvalue weighted by Crippen LogP contribution is 2.19. The van der Waals surface area contributed by atoms with Crippen molar-refractivity contribution in [2.75, 3.05) is 45.9 Å². The van der Waals surface area contributed by atoms with Crippen molar-refractivity contribution in [3.05, 3.63) is 0 Å². The number of hydrogen-bond acceptors (Lipinski definition) is 3. The Kier molecular flexibility index (Phi) is 8.21. The second kappa shape index (κ2) is 9.23. The van der Waals surface area contributed by atoms with E-state index in [0.717, 1.165) is 25.5 Å². The Bertz CT molecular complexity index is 167. The Labute approximate surface area is 104 Å². The SMILES string of the molecule is COCCOCCN1CCCCC1CCCl. The summed E-state index contributed by atoms with van der Waals surface area (Å²) in [6.45, 7) is 4.43. The molecule has 4 heteroatoms. The van der Waals surface area contributed by atoms with Crippen molar-refractivity contribution in [3.8, 4) is 0 Å². The van der Waals surface area contributed by atoms with Gasteiger partial charge in [0.25, 0.3) is 0 Å². The van der Waals surface area contributed by atoms with Crippen LogP contribution < -0.4 is 0 Å². The lowest BCUT2D eigenvalue weighted by atomic mass is 10.0. The maximum atomic E-state index is 5.83. The lowest BCUT2D eigenvalue weighted by Gasteiger charge is -2.35. The first-order chi connectivity index (χ1) is 7.88. The van der Waals surface area contributed by atoms with Crippen LogP contribution in [0.3, 0.4) is 0 Å². The lowest BCUT2D eigenvalue weighted by molar-refractivity contribution is 0.0419. The summed E-state index contributed by atoms with van der Waals surface area (Å²) >= 11 is 5.83. The average Bonchev–Trinajstić information content (AvgIpc) is 2.31. The molecule has 0 aromatic heterocycles.